The van der Waals surface area contributed by atoms with Gasteiger partial charge in [-0.1, -0.05) is 23.4 Å². The molecule has 1 fully saturated rings. The zero-order valence-electron chi connectivity index (χ0n) is 10.7. The fourth-order valence-electron chi connectivity index (χ4n) is 1.92. The summed E-state index contributed by atoms with van der Waals surface area (Å²) in [7, 11) is 0. The molecule has 0 bridgehead atoms. The summed E-state index contributed by atoms with van der Waals surface area (Å²) in [5, 5.41) is 13.6. The average molecular weight is 260 g/mol. The molecule has 1 N–H and O–H groups in total. The molecular formula is C14H16N2O3. The topological polar surface area (TPSA) is 68.4 Å². The molecule has 1 aliphatic carbocycles. The molecule has 1 saturated carbocycles. The van der Waals surface area contributed by atoms with Gasteiger partial charge in [0.25, 0.3) is 0 Å². The molecule has 1 aromatic heterocycles. The van der Waals surface area contributed by atoms with E-state index in [1.807, 2.05) is 24.3 Å². The maximum Gasteiger partial charge on any atom is 0.229 e. The molecule has 0 aliphatic heterocycles. The minimum absolute atomic E-state index is 0.250. The van der Waals surface area contributed by atoms with Gasteiger partial charge in [-0.3, -0.25) is 0 Å². The molecule has 0 unspecified atom stereocenters. The number of aliphatic hydroxyl groups excluding tert-OH is 1. The van der Waals surface area contributed by atoms with Crippen molar-refractivity contribution in [1.29, 1.82) is 0 Å². The van der Waals surface area contributed by atoms with E-state index in [1.165, 1.54) is 0 Å². The van der Waals surface area contributed by atoms with Crippen molar-refractivity contribution in [3.8, 4) is 5.75 Å². The second-order valence-electron chi connectivity index (χ2n) is 4.83. The van der Waals surface area contributed by atoms with Crippen LogP contribution in [-0.2, 0) is 6.61 Å². The van der Waals surface area contributed by atoms with Crippen molar-refractivity contribution in [3.05, 3.63) is 41.5 Å². The van der Waals surface area contributed by atoms with E-state index in [4.69, 9.17) is 9.26 Å². The summed E-state index contributed by atoms with van der Waals surface area (Å²) < 4.78 is 10.8. The van der Waals surface area contributed by atoms with Crippen LogP contribution in [0, 0.1) is 0 Å². The second-order valence-corrected chi connectivity index (χ2v) is 4.83. The summed E-state index contributed by atoms with van der Waals surface area (Å²) >= 11 is 0. The molecule has 2 aromatic rings. The normalized spacial score (nSPS) is 16.3. The molecule has 3 rings (SSSR count). The summed E-state index contributed by atoms with van der Waals surface area (Å²) in [5.74, 6) is 2.35. The Morgan fingerprint density at radius 1 is 1.42 bits per heavy atom. The Hall–Kier alpha value is -1.88. The second kappa shape index (κ2) is 5.01. The highest BCUT2D eigenvalue weighted by molar-refractivity contribution is 5.34. The third-order valence-corrected chi connectivity index (χ3v) is 3.14. The van der Waals surface area contributed by atoms with Crippen LogP contribution in [0.5, 0.6) is 5.75 Å². The highest BCUT2D eigenvalue weighted by Crippen LogP contribution is 2.38. The standard InChI is InChI=1S/C14H16N2O3/c1-9(17)11-4-2-3-5-12(11)18-8-13-15-14(19-16-13)10-6-7-10/h2-5,9-10,17H,6-8H2,1H3/t9-/m0/s1. The lowest BCUT2D eigenvalue weighted by molar-refractivity contribution is 0.189. The lowest BCUT2D eigenvalue weighted by atomic mass is 10.1. The SMILES string of the molecule is C[C@H](O)c1ccccc1OCc1noc(C2CC2)n1. The van der Waals surface area contributed by atoms with Crippen molar-refractivity contribution in [3.63, 3.8) is 0 Å². The van der Waals surface area contributed by atoms with Crippen molar-refractivity contribution >= 4 is 0 Å². The van der Waals surface area contributed by atoms with E-state index in [2.05, 4.69) is 10.1 Å². The smallest absolute Gasteiger partial charge is 0.229 e. The number of aromatic nitrogens is 2. The van der Waals surface area contributed by atoms with Crippen LogP contribution in [0.25, 0.3) is 0 Å². The van der Waals surface area contributed by atoms with Crippen LogP contribution in [0.2, 0.25) is 0 Å². The number of hydrogen-bond donors (Lipinski definition) is 1. The van der Waals surface area contributed by atoms with Gasteiger partial charge in [-0.25, -0.2) is 0 Å². The van der Waals surface area contributed by atoms with Crippen LogP contribution in [-0.4, -0.2) is 15.2 Å². The van der Waals surface area contributed by atoms with E-state index in [9.17, 15) is 5.11 Å². The third kappa shape index (κ3) is 2.76. The molecule has 1 aliphatic rings. The minimum Gasteiger partial charge on any atom is -0.485 e. The van der Waals surface area contributed by atoms with Crippen molar-refractivity contribution in [2.75, 3.05) is 0 Å². The predicted molar refractivity (Wildman–Crippen MR) is 67.7 cm³/mol. The summed E-state index contributed by atoms with van der Waals surface area (Å²) in [6.45, 7) is 1.96. The first-order valence-electron chi connectivity index (χ1n) is 6.46. The zero-order chi connectivity index (χ0) is 13.2. The van der Waals surface area contributed by atoms with Crippen LogP contribution in [0.1, 0.15) is 49.1 Å². The first-order chi connectivity index (χ1) is 9.24. The highest BCUT2D eigenvalue weighted by Gasteiger charge is 2.29. The molecule has 1 atom stereocenters. The van der Waals surface area contributed by atoms with Crippen LogP contribution in [0.3, 0.4) is 0 Å². The van der Waals surface area contributed by atoms with Gasteiger partial charge in [0.1, 0.15) is 5.75 Å². The van der Waals surface area contributed by atoms with E-state index in [0.29, 0.717) is 23.4 Å². The Morgan fingerprint density at radius 3 is 2.95 bits per heavy atom. The van der Waals surface area contributed by atoms with Crippen LogP contribution >= 0.6 is 0 Å². The summed E-state index contributed by atoms with van der Waals surface area (Å²) in [5.41, 5.74) is 0.758. The number of benzene rings is 1. The zero-order valence-corrected chi connectivity index (χ0v) is 10.7. The van der Waals surface area contributed by atoms with Crippen LogP contribution in [0.4, 0.5) is 0 Å². The summed E-state index contributed by atoms with van der Waals surface area (Å²) in [6, 6.07) is 7.40. The van der Waals surface area contributed by atoms with E-state index in [0.717, 1.165) is 18.4 Å². The molecule has 5 nitrogen and oxygen atoms in total. The Labute approximate surface area is 111 Å². The van der Waals surface area contributed by atoms with Gasteiger partial charge < -0.3 is 14.4 Å². The van der Waals surface area contributed by atoms with Gasteiger partial charge in [-0.2, -0.15) is 4.98 Å². The fourth-order valence-corrected chi connectivity index (χ4v) is 1.92. The lowest BCUT2D eigenvalue weighted by Crippen LogP contribution is -2.02. The first-order valence-corrected chi connectivity index (χ1v) is 6.46. The van der Waals surface area contributed by atoms with Crippen molar-refractivity contribution in [1.82, 2.24) is 10.1 Å². The Balaban J connectivity index is 1.67. The Kier molecular flexibility index (Phi) is 3.21. The Bertz CT molecular complexity index is 561. The van der Waals surface area contributed by atoms with E-state index >= 15 is 0 Å². The monoisotopic (exact) mass is 260 g/mol. The van der Waals surface area contributed by atoms with Gasteiger partial charge in [-0.05, 0) is 25.8 Å². The Morgan fingerprint density at radius 2 is 2.21 bits per heavy atom. The van der Waals surface area contributed by atoms with E-state index in [-0.39, 0.29) is 6.61 Å². The van der Waals surface area contributed by atoms with Gasteiger partial charge >= 0.3 is 0 Å². The summed E-state index contributed by atoms with van der Waals surface area (Å²) in [6.07, 6.45) is 1.70. The molecule has 100 valence electrons. The molecule has 1 aromatic carbocycles. The number of rotatable bonds is 5. The molecule has 0 saturated heterocycles. The molecular weight excluding hydrogens is 244 g/mol. The average Bonchev–Trinajstić information content (AvgIpc) is 3.16. The molecule has 19 heavy (non-hydrogen) atoms. The van der Waals surface area contributed by atoms with E-state index in [1.54, 1.807) is 6.92 Å². The molecule has 0 amide bonds. The number of para-hydroxylation sites is 1. The van der Waals surface area contributed by atoms with E-state index < -0.39 is 6.10 Å². The van der Waals surface area contributed by atoms with Gasteiger partial charge in [0.15, 0.2) is 6.61 Å². The summed E-state index contributed by atoms with van der Waals surface area (Å²) in [4.78, 5) is 4.30. The fraction of sp³-hybridized carbons (Fsp3) is 0.429. The lowest BCUT2D eigenvalue weighted by Gasteiger charge is -2.11. The first kappa shape index (κ1) is 12.2. The number of ether oxygens (including phenoxy) is 1. The number of hydrogen-bond acceptors (Lipinski definition) is 5. The third-order valence-electron chi connectivity index (χ3n) is 3.14. The molecule has 5 heteroatoms. The van der Waals surface area contributed by atoms with Crippen LogP contribution < -0.4 is 4.74 Å². The number of nitrogens with zero attached hydrogens (tertiary/aromatic N) is 2. The van der Waals surface area contributed by atoms with Crippen molar-refractivity contribution in [2.24, 2.45) is 0 Å². The molecule has 1 heterocycles. The maximum atomic E-state index is 9.66. The van der Waals surface area contributed by atoms with Crippen LogP contribution in [0.15, 0.2) is 28.8 Å². The van der Waals surface area contributed by atoms with Gasteiger partial charge in [0, 0.05) is 11.5 Å². The molecule has 0 spiro atoms. The minimum atomic E-state index is -0.566. The quantitative estimate of drug-likeness (QED) is 0.894. The predicted octanol–water partition coefficient (Wildman–Crippen LogP) is 2.58. The van der Waals surface area contributed by atoms with Gasteiger partial charge in [0.05, 0.1) is 6.10 Å². The maximum absolute atomic E-state index is 9.66. The largest absolute Gasteiger partial charge is 0.485 e. The van der Waals surface area contributed by atoms with Crippen molar-refractivity contribution < 1.29 is 14.4 Å². The van der Waals surface area contributed by atoms with Crippen molar-refractivity contribution in [2.45, 2.75) is 38.4 Å². The van der Waals surface area contributed by atoms with Gasteiger partial charge in [-0.15, -0.1) is 0 Å². The number of aliphatic hydroxyl groups is 1. The molecule has 0 radical (unpaired) electrons. The highest BCUT2D eigenvalue weighted by atomic mass is 16.5. The van der Waals surface area contributed by atoms with Gasteiger partial charge in [0.2, 0.25) is 11.7 Å².